The fourth-order valence-corrected chi connectivity index (χ4v) is 4.48. The van der Waals surface area contributed by atoms with Gasteiger partial charge in [-0.15, -0.1) is 0 Å². The maximum Gasteiger partial charge on any atom is -0.0134 e. The van der Waals surface area contributed by atoms with Crippen LogP contribution in [0.5, 0.6) is 0 Å². The predicted molar refractivity (Wildman–Crippen MR) is 103 cm³/mol. The molecule has 0 nitrogen and oxygen atoms in total. The zero-order valence-corrected chi connectivity index (χ0v) is 17.5. The van der Waals surface area contributed by atoms with Crippen LogP contribution in [0.25, 0.3) is 0 Å². The van der Waals surface area contributed by atoms with Gasteiger partial charge in [-0.3, -0.25) is 0 Å². The van der Waals surface area contributed by atoms with Crippen molar-refractivity contribution in [1.29, 1.82) is 0 Å². The Labute approximate surface area is 154 Å². The minimum absolute atomic E-state index is 0.335. The van der Waals surface area contributed by atoms with E-state index >= 15 is 0 Å². The molecule has 0 fully saturated rings. The Morgan fingerprint density at radius 3 is 0.955 bits per heavy atom. The third-order valence-electron chi connectivity index (χ3n) is 3.04. The van der Waals surface area contributed by atoms with Gasteiger partial charge in [0.05, 0.1) is 0 Å². The van der Waals surface area contributed by atoms with E-state index in [9.17, 15) is 0 Å². The molecule has 0 heterocycles. The van der Waals surface area contributed by atoms with Crippen molar-refractivity contribution >= 4 is 51.1 Å². The molecule has 3 aromatic rings. The summed E-state index contributed by atoms with van der Waals surface area (Å²) in [5.41, 5.74) is 0. The van der Waals surface area contributed by atoms with E-state index in [1.165, 1.54) is 15.9 Å². The van der Waals surface area contributed by atoms with Gasteiger partial charge in [0.1, 0.15) is 0 Å². The Morgan fingerprint density at radius 2 is 0.727 bits per heavy atom. The summed E-state index contributed by atoms with van der Waals surface area (Å²) < 4.78 is 0. The van der Waals surface area contributed by atoms with Gasteiger partial charge in [-0.25, -0.2) is 0 Å². The molecule has 0 unspecified atom stereocenters. The van der Waals surface area contributed by atoms with Crippen LogP contribution in [-0.4, -0.2) is 0 Å². The molecular weight excluding hydrogens is 508 g/mol. The molecule has 0 bridgehead atoms. The molecule has 0 saturated heterocycles. The van der Waals surface area contributed by atoms with Gasteiger partial charge in [0.2, 0.25) is 0 Å². The summed E-state index contributed by atoms with van der Waals surface area (Å²) in [7, 11) is -0.446. The number of benzene rings is 3. The minimum Gasteiger partial charge on any atom is -0.0622 e. The second kappa shape index (κ2) is 10.4. The monoisotopic (exact) mass is 522 g/mol. The molecule has 4 heteroatoms. The smallest absolute Gasteiger partial charge is 0.0134 e. The average molecular weight is 523 g/mol. The fourth-order valence-electron chi connectivity index (χ4n) is 2.18. The Morgan fingerprint density at radius 1 is 0.500 bits per heavy atom. The molecule has 0 N–H and O–H groups in total. The van der Waals surface area contributed by atoms with E-state index in [1.807, 2.05) is 0 Å². The summed E-state index contributed by atoms with van der Waals surface area (Å²) in [6.07, 6.45) is 0. The maximum absolute atomic E-state index is 3.15. The molecule has 0 radical (unpaired) electrons. The van der Waals surface area contributed by atoms with Gasteiger partial charge in [-0.2, -0.15) is 0 Å². The van der Waals surface area contributed by atoms with Crippen molar-refractivity contribution in [2.24, 2.45) is 0 Å². The van der Waals surface area contributed by atoms with Crippen LogP contribution in [0.15, 0.2) is 91.0 Å². The van der Waals surface area contributed by atoms with Crippen LogP contribution >= 0.6 is 35.2 Å². The first kappa shape index (κ1) is 18.0. The maximum atomic E-state index is 3.15. The van der Waals surface area contributed by atoms with Gasteiger partial charge in [0, 0.05) is 0 Å². The normalized spacial score (nSPS) is 10.1. The molecule has 0 saturated carbocycles. The zero-order valence-electron chi connectivity index (χ0n) is 11.7. The van der Waals surface area contributed by atoms with E-state index < -0.39 is 7.92 Å². The van der Waals surface area contributed by atoms with Crippen molar-refractivity contribution < 1.29 is 13.2 Å². The average Bonchev–Trinajstić information content (AvgIpc) is 2.59. The van der Waals surface area contributed by atoms with Crippen LogP contribution in [-0.2, 0) is 13.2 Å². The second-order valence-corrected chi connectivity index (χ2v) is 14.6. The number of hydrogen-bond acceptors (Lipinski definition) is 0. The second-order valence-electron chi connectivity index (χ2n) is 4.39. The van der Waals surface area contributed by atoms with E-state index in [4.69, 9.17) is 0 Å². The number of rotatable bonds is 3. The first-order valence-corrected chi connectivity index (χ1v) is 16.0. The standard InChI is InChI=1S/C18H15P.2BrH.Ru/c1-4-10-16(11-5-1)19(17-12-6-2-7-13-17)18-14-8-3-9-15-18;;;/h1-15H;2*1H;/q;;;+2/p-2. The minimum atomic E-state index is -0.446. The summed E-state index contributed by atoms with van der Waals surface area (Å²) in [6, 6.07) is 32.3. The zero-order chi connectivity index (χ0) is 15.6. The summed E-state index contributed by atoms with van der Waals surface area (Å²) >= 11 is 6.64. The molecule has 114 valence electrons. The molecule has 0 aliphatic heterocycles. The van der Waals surface area contributed by atoms with Gasteiger partial charge in [-0.05, 0) is 23.8 Å². The van der Waals surface area contributed by atoms with Crippen LogP contribution in [0.2, 0.25) is 0 Å². The van der Waals surface area contributed by atoms with Crippen molar-refractivity contribution in [2.45, 2.75) is 0 Å². The van der Waals surface area contributed by atoms with E-state index in [-0.39, 0.29) is 0 Å². The number of hydrogen-bond donors (Lipinski definition) is 0. The largest absolute Gasteiger partial charge is 0.0622 e. The molecule has 0 amide bonds. The van der Waals surface area contributed by atoms with E-state index in [1.54, 1.807) is 0 Å². The Kier molecular flexibility index (Phi) is 8.56. The molecule has 3 aromatic carbocycles. The molecule has 0 aliphatic rings. The molecule has 0 aliphatic carbocycles. The van der Waals surface area contributed by atoms with Crippen LogP contribution in [0.4, 0.5) is 0 Å². The van der Waals surface area contributed by atoms with Gasteiger partial charge in [0.25, 0.3) is 0 Å². The SMILES string of the molecule is [Br][Ru][Br].c1ccc(P(c2ccccc2)c2ccccc2)cc1. The topological polar surface area (TPSA) is 0 Å². The first-order chi connectivity index (χ1) is 10.9. The van der Waals surface area contributed by atoms with Gasteiger partial charge in [-0.1, -0.05) is 91.0 Å². The van der Waals surface area contributed by atoms with E-state index in [0.29, 0.717) is 13.2 Å². The van der Waals surface area contributed by atoms with Crippen molar-refractivity contribution in [3.8, 4) is 0 Å². The third-order valence-corrected chi connectivity index (χ3v) is 5.49. The molecule has 22 heavy (non-hydrogen) atoms. The van der Waals surface area contributed by atoms with Gasteiger partial charge < -0.3 is 0 Å². The van der Waals surface area contributed by atoms with E-state index in [0.717, 1.165) is 0 Å². The van der Waals surface area contributed by atoms with Crippen molar-refractivity contribution in [1.82, 2.24) is 0 Å². The first-order valence-electron chi connectivity index (χ1n) is 6.67. The predicted octanol–water partition coefficient (Wildman–Crippen LogP) is 5.13. The Hall–Kier alpha value is -0.327. The summed E-state index contributed by atoms with van der Waals surface area (Å²) in [6.45, 7) is 0. The Balaban J connectivity index is 0.000000545. The molecule has 3 rings (SSSR count). The Bertz CT molecular complexity index is 554. The van der Waals surface area contributed by atoms with Crippen LogP contribution < -0.4 is 15.9 Å². The van der Waals surface area contributed by atoms with Crippen LogP contribution in [0.3, 0.4) is 0 Å². The van der Waals surface area contributed by atoms with Crippen molar-refractivity contribution in [2.75, 3.05) is 0 Å². The fraction of sp³-hybridized carbons (Fsp3) is 0. The summed E-state index contributed by atoms with van der Waals surface area (Å²) in [5, 5.41) is 4.19. The summed E-state index contributed by atoms with van der Waals surface area (Å²) in [5.74, 6) is 0. The van der Waals surface area contributed by atoms with Crippen LogP contribution in [0.1, 0.15) is 0 Å². The van der Waals surface area contributed by atoms with Crippen molar-refractivity contribution in [3.63, 3.8) is 0 Å². The quantitative estimate of drug-likeness (QED) is 0.330. The number of halogens is 2. The molecule has 0 atom stereocenters. The molecular formula is C18H15Br2PRu. The van der Waals surface area contributed by atoms with Gasteiger partial charge >= 0.3 is 40.5 Å². The molecule has 0 spiro atoms. The van der Waals surface area contributed by atoms with Gasteiger partial charge in [0.15, 0.2) is 0 Å². The van der Waals surface area contributed by atoms with Crippen LogP contribution in [0, 0.1) is 0 Å². The summed E-state index contributed by atoms with van der Waals surface area (Å²) in [4.78, 5) is 0. The van der Waals surface area contributed by atoms with E-state index in [2.05, 4.69) is 118 Å². The van der Waals surface area contributed by atoms with Crippen molar-refractivity contribution in [3.05, 3.63) is 91.0 Å². The molecule has 0 aromatic heterocycles. The third kappa shape index (κ3) is 5.39.